The first kappa shape index (κ1) is 20.9. The largest absolute Gasteiger partial charge is 0.481 e. The Balaban J connectivity index is 1.77. The summed E-state index contributed by atoms with van der Waals surface area (Å²) in [6, 6.07) is 8.53. The van der Waals surface area contributed by atoms with Crippen LogP contribution in [0.2, 0.25) is 10.0 Å². The van der Waals surface area contributed by atoms with Gasteiger partial charge < -0.3 is 9.30 Å². The van der Waals surface area contributed by atoms with E-state index in [-0.39, 0.29) is 10.8 Å². The van der Waals surface area contributed by atoms with E-state index in [2.05, 4.69) is 10.2 Å². The number of hydrogen-bond donors (Lipinski definition) is 0. The van der Waals surface area contributed by atoms with Gasteiger partial charge in [-0.05, 0) is 44.2 Å². The molecule has 0 aliphatic heterocycles. The summed E-state index contributed by atoms with van der Waals surface area (Å²) in [5.74, 6) is 0.471. The summed E-state index contributed by atoms with van der Waals surface area (Å²) in [6.45, 7) is 4.35. The molecule has 0 radical (unpaired) electrons. The molecule has 0 N–H and O–H groups in total. The van der Waals surface area contributed by atoms with Crippen molar-refractivity contribution in [2.45, 2.75) is 37.4 Å². The van der Waals surface area contributed by atoms with Crippen molar-refractivity contribution in [2.24, 2.45) is 0 Å². The highest BCUT2D eigenvalue weighted by Crippen LogP contribution is 2.32. The molecule has 1 aromatic heterocycles. The number of benzene rings is 2. The zero-order valence-corrected chi connectivity index (χ0v) is 17.5. The number of ether oxygens (including phenoxy) is 1. The summed E-state index contributed by atoms with van der Waals surface area (Å²) in [5, 5.41) is 9.58. The minimum atomic E-state index is -0.471. The Labute approximate surface area is 175 Å². The van der Waals surface area contributed by atoms with E-state index in [0.29, 0.717) is 39.6 Å². The van der Waals surface area contributed by atoms with Crippen LogP contribution in [0.1, 0.15) is 31.3 Å². The average molecular weight is 444 g/mol. The predicted molar refractivity (Wildman–Crippen MR) is 107 cm³/mol. The molecule has 0 amide bonds. The highest BCUT2D eigenvalue weighted by atomic mass is 35.5. The first-order chi connectivity index (χ1) is 13.4. The van der Waals surface area contributed by atoms with Gasteiger partial charge >= 0.3 is 0 Å². The van der Waals surface area contributed by atoms with E-state index in [4.69, 9.17) is 27.9 Å². The van der Waals surface area contributed by atoms with Gasteiger partial charge in [0.15, 0.2) is 17.1 Å². The van der Waals surface area contributed by atoms with Crippen LogP contribution >= 0.6 is 35.0 Å². The van der Waals surface area contributed by atoms with Crippen LogP contribution in [0.15, 0.2) is 41.6 Å². The van der Waals surface area contributed by atoms with Crippen LogP contribution in [0.4, 0.5) is 8.78 Å². The van der Waals surface area contributed by atoms with E-state index in [1.54, 1.807) is 19.1 Å². The predicted octanol–water partition coefficient (Wildman–Crippen LogP) is 6.32. The Morgan fingerprint density at radius 3 is 2.61 bits per heavy atom. The fraction of sp³-hybridized carbons (Fsp3) is 0.263. The average Bonchev–Trinajstić information content (AvgIpc) is 3.06. The maximum atomic E-state index is 14.0. The van der Waals surface area contributed by atoms with Crippen LogP contribution < -0.4 is 4.74 Å². The number of thioether (sulfide) groups is 1. The highest BCUT2D eigenvalue weighted by molar-refractivity contribution is 7.98. The molecule has 0 saturated heterocycles. The summed E-state index contributed by atoms with van der Waals surface area (Å²) in [6.07, 6.45) is -0.471. The molecule has 148 valence electrons. The molecule has 3 aromatic rings. The lowest BCUT2D eigenvalue weighted by Crippen LogP contribution is -2.12. The van der Waals surface area contributed by atoms with Gasteiger partial charge in [0.25, 0.3) is 0 Å². The first-order valence-corrected chi connectivity index (χ1v) is 10.2. The maximum absolute atomic E-state index is 14.0. The standard InChI is InChI=1S/C19H17Cl2F2N3OS/c1-3-26-18(11(2)27-17-8-7-12(22)9-15(17)21)24-25-19(26)28-10-13-14(20)5-4-6-16(13)23/h4-9,11H,3,10H2,1-2H3. The second-order valence-electron chi connectivity index (χ2n) is 5.91. The molecule has 0 aliphatic rings. The Morgan fingerprint density at radius 1 is 1.14 bits per heavy atom. The molecule has 1 heterocycles. The first-order valence-electron chi connectivity index (χ1n) is 8.51. The van der Waals surface area contributed by atoms with E-state index in [9.17, 15) is 8.78 Å². The van der Waals surface area contributed by atoms with Crippen molar-refractivity contribution in [3.05, 3.63) is 69.5 Å². The van der Waals surface area contributed by atoms with Gasteiger partial charge in [-0.2, -0.15) is 0 Å². The van der Waals surface area contributed by atoms with Crippen LogP contribution in [-0.2, 0) is 12.3 Å². The molecule has 0 aliphatic carbocycles. The summed E-state index contributed by atoms with van der Waals surface area (Å²) in [7, 11) is 0. The third kappa shape index (κ3) is 4.59. The van der Waals surface area contributed by atoms with Gasteiger partial charge in [0, 0.05) is 22.9 Å². The van der Waals surface area contributed by atoms with Gasteiger partial charge in [-0.1, -0.05) is 41.0 Å². The monoisotopic (exact) mass is 443 g/mol. The third-order valence-electron chi connectivity index (χ3n) is 4.03. The Hall–Kier alpha value is -1.83. The summed E-state index contributed by atoms with van der Waals surface area (Å²) in [5.41, 5.74) is 0.420. The fourth-order valence-corrected chi connectivity index (χ4v) is 4.19. The summed E-state index contributed by atoms with van der Waals surface area (Å²) in [4.78, 5) is 0. The van der Waals surface area contributed by atoms with Gasteiger partial charge in [0.2, 0.25) is 0 Å². The van der Waals surface area contributed by atoms with Crippen molar-refractivity contribution in [1.29, 1.82) is 0 Å². The molecule has 4 nitrogen and oxygen atoms in total. The van der Waals surface area contributed by atoms with Crippen molar-refractivity contribution in [3.8, 4) is 5.75 Å². The number of hydrogen-bond acceptors (Lipinski definition) is 4. The van der Waals surface area contributed by atoms with Crippen LogP contribution in [0.5, 0.6) is 5.75 Å². The minimum absolute atomic E-state index is 0.179. The van der Waals surface area contributed by atoms with Crippen molar-refractivity contribution >= 4 is 35.0 Å². The molecule has 1 atom stereocenters. The Bertz CT molecular complexity index is 964. The number of rotatable bonds is 7. The molecule has 2 aromatic carbocycles. The zero-order valence-electron chi connectivity index (χ0n) is 15.1. The van der Waals surface area contributed by atoms with Gasteiger partial charge in [0.05, 0.1) is 5.02 Å². The van der Waals surface area contributed by atoms with Crippen LogP contribution in [0, 0.1) is 11.6 Å². The fourth-order valence-electron chi connectivity index (χ4n) is 2.63. The lowest BCUT2D eigenvalue weighted by atomic mass is 10.2. The van der Waals surface area contributed by atoms with Crippen molar-refractivity contribution < 1.29 is 13.5 Å². The SMILES string of the molecule is CCn1c(SCc2c(F)cccc2Cl)nnc1C(C)Oc1ccc(F)cc1Cl. The molecule has 1 unspecified atom stereocenters. The molecule has 0 fully saturated rings. The molecule has 3 rings (SSSR count). The van der Waals surface area contributed by atoms with E-state index >= 15 is 0 Å². The molecular formula is C19H17Cl2F2N3OS. The smallest absolute Gasteiger partial charge is 0.191 e. The minimum Gasteiger partial charge on any atom is -0.481 e. The maximum Gasteiger partial charge on any atom is 0.191 e. The van der Waals surface area contributed by atoms with Gasteiger partial charge in [-0.3, -0.25) is 0 Å². The van der Waals surface area contributed by atoms with E-state index in [1.807, 2.05) is 11.5 Å². The summed E-state index contributed by atoms with van der Waals surface area (Å²) < 4.78 is 34.9. The second-order valence-corrected chi connectivity index (χ2v) is 7.67. The quantitative estimate of drug-likeness (QED) is 0.400. The third-order valence-corrected chi connectivity index (χ3v) is 5.67. The Kier molecular flexibility index (Phi) is 6.80. The molecule has 28 heavy (non-hydrogen) atoms. The van der Waals surface area contributed by atoms with E-state index in [1.165, 1.54) is 36.0 Å². The number of nitrogens with zero attached hydrogens (tertiary/aromatic N) is 3. The van der Waals surface area contributed by atoms with Crippen molar-refractivity contribution in [1.82, 2.24) is 14.8 Å². The van der Waals surface area contributed by atoms with Crippen LogP contribution in [0.25, 0.3) is 0 Å². The van der Waals surface area contributed by atoms with Gasteiger partial charge in [-0.15, -0.1) is 10.2 Å². The van der Waals surface area contributed by atoms with Crippen LogP contribution in [0.3, 0.4) is 0 Å². The normalized spacial score (nSPS) is 12.2. The second kappa shape index (κ2) is 9.11. The lowest BCUT2D eigenvalue weighted by Gasteiger charge is -2.16. The van der Waals surface area contributed by atoms with E-state index in [0.717, 1.165) is 0 Å². The molecule has 0 saturated carbocycles. The van der Waals surface area contributed by atoms with Gasteiger partial charge in [0.1, 0.15) is 17.4 Å². The van der Waals surface area contributed by atoms with Crippen molar-refractivity contribution in [2.75, 3.05) is 0 Å². The summed E-state index contributed by atoms with van der Waals surface area (Å²) >= 11 is 13.4. The van der Waals surface area contributed by atoms with E-state index < -0.39 is 11.9 Å². The van der Waals surface area contributed by atoms with Crippen LogP contribution in [-0.4, -0.2) is 14.8 Å². The highest BCUT2D eigenvalue weighted by Gasteiger charge is 2.20. The number of aromatic nitrogens is 3. The lowest BCUT2D eigenvalue weighted by molar-refractivity contribution is 0.210. The topological polar surface area (TPSA) is 39.9 Å². The molecule has 0 bridgehead atoms. The van der Waals surface area contributed by atoms with Crippen molar-refractivity contribution in [3.63, 3.8) is 0 Å². The molecule has 0 spiro atoms. The molecule has 9 heteroatoms. The zero-order chi connectivity index (χ0) is 20.3. The molecular weight excluding hydrogens is 427 g/mol. The number of halogens is 4. The Morgan fingerprint density at radius 2 is 1.93 bits per heavy atom. The van der Waals surface area contributed by atoms with Gasteiger partial charge in [-0.25, -0.2) is 8.78 Å².